The molecular weight excluding hydrogens is 158 g/mol. The molecule has 0 aromatic carbocycles. The van der Waals surface area contributed by atoms with E-state index in [2.05, 4.69) is 0 Å². The van der Waals surface area contributed by atoms with Crippen molar-refractivity contribution in [3.8, 4) is 0 Å². The maximum absolute atomic E-state index is 10.4. The Bertz CT molecular complexity index is 132. The predicted molar refractivity (Wildman–Crippen MR) is 35.1 cm³/mol. The quantitative estimate of drug-likeness (QED) is 0.403. The van der Waals surface area contributed by atoms with E-state index < -0.39 is 0 Å². The second kappa shape index (κ2) is 4.24. The van der Waals surface area contributed by atoms with Gasteiger partial charge in [0.2, 0.25) is 11.8 Å². The number of amides is 2. The molecule has 1 N–H and O–H groups in total. The van der Waals surface area contributed by atoms with Gasteiger partial charge < -0.3 is 5.11 Å². The van der Waals surface area contributed by atoms with Crippen molar-refractivity contribution in [1.82, 2.24) is 4.42 Å². The second-order valence-electron chi connectivity index (χ2n) is 1.57. The first-order chi connectivity index (χ1) is 4.72. The average Bonchev–Trinajstić information content (AvgIpc) is 2.25. The molecule has 1 rings (SSSR count). The van der Waals surface area contributed by atoms with E-state index in [1.807, 2.05) is 0 Å². The summed E-state index contributed by atoms with van der Waals surface area (Å²) in [5.41, 5.74) is 0. The maximum Gasteiger partial charge on any atom is 0.244 e. The van der Waals surface area contributed by atoms with Gasteiger partial charge in [-0.1, -0.05) is 0 Å². The largest absolute Gasteiger partial charge is 0.400 e. The van der Waals surface area contributed by atoms with Gasteiger partial charge in [-0.25, -0.2) is 0 Å². The number of rotatable bonds is 0. The van der Waals surface area contributed by atoms with Gasteiger partial charge in [-0.3, -0.25) is 9.59 Å². The summed E-state index contributed by atoms with van der Waals surface area (Å²) in [4.78, 5) is 20.7. The molecule has 2 amide bonds. The molecule has 0 spiro atoms. The highest BCUT2D eigenvalue weighted by Crippen LogP contribution is 2.12. The van der Waals surface area contributed by atoms with Crippen LogP contribution in [0.15, 0.2) is 0 Å². The standard InChI is InChI=1S/C4H4ClNO2.CH4O/c5-6-3(7)1-2-4(6)8;1-2/h1-2H2;2H,1H3. The molecule has 0 radical (unpaired) electrons. The number of carbonyl (C=O) groups is 2. The zero-order valence-electron chi connectivity index (χ0n) is 5.50. The number of halogens is 1. The molecule has 10 heavy (non-hydrogen) atoms. The van der Waals surface area contributed by atoms with Crippen LogP contribution >= 0.6 is 11.8 Å². The highest BCUT2D eigenvalue weighted by Gasteiger charge is 2.26. The number of hydrogen-bond acceptors (Lipinski definition) is 3. The first-order valence-electron chi connectivity index (χ1n) is 2.68. The fraction of sp³-hybridized carbons (Fsp3) is 0.600. The Hall–Kier alpha value is -0.610. The molecule has 1 saturated heterocycles. The van der Waals surface area contributed by atoms with Gasteiger partial charge in [-0.15, -0.1) is 0 Å². The zero-order valence-corrected chi connectivity index (χ0v) is 6.26. The summed E-state index contributed by atoms with van der Waals surface area (Å²) in [7, 11) is 1.00. The monoisotopic (exact) mass is 165 g/mol. The summed E-state index contributed by atoms with van der Waals surface area (Å²) in [6, 6.07) is 0. The molecule has 0 aromatic heterocycles. The fourth-order valence-electron chi connectivity index (χ4n) is 0.549. The van der Waals surface area contributed by atoms with E-state index in [9.17, 15) is 9.59 Å². The SMILES string of the molecule is CO.O=C1CCC(=O)N1Cl. The third kappa shape index (κ3) is 1.97. The van der Waals surface area contributed by atoms with Crippen LogP contribution in [0.3, 0.4) is 0 Å². The van der Waals surface area contributed by atoms with Crippen molar-refractivity contribution in [2.75, 3.05) is 7.11 Å². The van der Waals surface area contributed by atoms with Crippen molar-refractivity contribution in [2.24, 2.45) is 0 Å². The van der Waals surface area contributed by atoms with Gasteiger partial charge in [0.05, 0.1) is 0 Å². The Morgan fingerprint density at radius 1 is 1.30 bits per heavy atom. The van der Waals surface area contributed by atoms with Gasteiger partial charge in [0, 0.05) is 31.7 Å². The van der Waals surface area contributed by atoms with Crippen molar-refractivity contribution in [3.05, 3.63) is 0 Å². The normalized spacial score (nSPS) is 16.9. The van der Waals surface area contributed by atoms with Crippen LogP contribution in [-0.4, -0.2) is 28.4 Å². The van der Waals surface area contributed by atoms with E-state index in [0.29, 0.717) is 4.42 Å². The zero-order chi connectivity index (χ0) is 8.15. The third-order valence-corrected chi connectivity index (χ3v) is 1.37. The molecule has 0 unspecified atom stereocenters. The van der Waals surface area contributed by atoms with Crippen LogP contribution in [0.1, 0.15) is 12.8 Å². The number of aliphatic hydroxyl groups is 1. The molecule has 58 valence electrons. The van der Waals surface area contributed by atoms with E-state index in [4.69, 9.17) is 16.9 Å². The maximum atomic E-state index is 10.4. The molecular formula is C5H8ClNO3. The minimum absolute atomic E-state index is 0.266. The summed E-state index contributed by atoms with van der Waals surface area (Å²) >= 11 is 5.15. The molecule has 0 bridgehead atoms. The van der Waals surface area contributed by atoms with Gasteiger partial charge in [0.15, 0.2) is 0 Å². The lowest BCUT2D eigenvalue weighted by Crippen LogP contribution is -2.16. The van der Waals surface area contributed by atoms with Crippen LogP contribution in [0.4, 0.5) is 0 Å². The average molecular weight is 166 g/mol. The number of aliphatic hydroxyl groups excluding tert-OH is 1. The summed E-state index contributed by atoms with van der Waals surface area (Å²) in [5, 5.41) is 7.00. The van der Waals surface area contributed by atoms with Crippen LogP contribution < -0.4 is 0 Å². The number of nitrogens with zero attached hydrogens (tertiary/aromatic N) is 1. The Morgan fingerprint density at radius 2 is 1.60 bits per heavy atom. The van der Waals surface area contributed by atoms with Crippen LogP contribution in [-0.2, 0) is 9.59 Å². The topological polar surface area (TPSA) is 57.6 Å². The predicted octanol–water partition coefficient (Wildman–Crippen LogP) is -0.102. The highest BCUT2D eigenvalue weighted by molar-refractivity contribution is 6.32. The van der Waals surface area contributed by atoms with E-state index in [1.165, 1.54) is 0 Å². The molecule has 1 heterocycles. The van der Waals surface area contributed by atoms with E-state index in [0.717, 1.165) is 7.11 Å². The Morgan fingerprint density at radius 3 is 1.70 bits per heavy atom. The van der Waals surface area contributed by atoms with Crippen molar-refractivity contribution in [3.63, 3.8) is 0 Å². The Balaban J connectivity index is 0.000000371. The molecule has 0 aliphatic carbocycles. The van der Waals surface area contributed by atoms with Crippen LogP contribution in [0, 0.1) is 0 Å². The van der Waals surface area contributed by atoms with Gasteiger partial charge in [0.25, 0.3) is 0 Å². The van der Waals surface area contributed by atoms with E-state index in [-0.39, 0.29) is 24.7 Å². The fourth-order valence-corrected chi connectivity index (χ4v) is 0.718. The lowest BCUT2D eigenvalue weighted by molar-refractivity contribution is -0.132. The lowest BCUT2D eigenvalue weighted by atomic mass is 10.4. The summed E-state index contributed by atoms with van der Waals surface area (Å²) in [5.74, 6) is -0.590. The van der Waals surface area contributed by atoms with E-state index >= 15 is 0 Å². The number of imide groups is 1. The summed E-state index contributed by atoms with van der Waals surface area (Å²) < 4.78 is 0.639. The Kier molecular flexibility index (Phi) is 3.99. The van der Waals surface area contributed by atoms with Crippen molar-refractivity contribution in [2.45, 2.75) is 12.8 Å². The van der Waals surface area contributed by atoms with E-state index in [1.54, 1.807) is 0 Å². The van der Waals surface area contributed by atoms with Gasteiger partial charge in [0.1, 0.15) is 0 Å². The molecule has 4 nitrogen and oxygen atoms in total. The second-order valence-corrected chi connectivity index (χ2v) is 1.91. The number of carbonyl (C=O) groups excluding carboxylic acids is 2. The first kappa shape index (κ1) is 9.39. The first-order valence-corrected chi connectivity index (χ1v) is 3.02. The molecule has 1 aliphatic rings. The molecule has 0 aromatic rings. The molecule has 5 heteroatoms. The molecule has 1 aliphatic heterocycles. The number of hydrogen-bond donors (Lipinski definition) is 1. The summed E-state index contributed by atoms with van der Waals surface area (Å²) in [6.07, 6.45) is 0.532. The van der Waals surface area contributed by atoms with Crippen molar-refractivity contribution in [1.29, 1.82) is 0 Å². The minimum Gasteiger partial charge on any atom is -0.400 e. The van der Waals surface area contributed by atoms with Crippen LogP contribution in [0.25, 0.3) is 0 Å². The summed E-state index contributed by atoms with van der Waals surface area (Å²) in [6.45, 7) is 0. The van der Waals surface area contributed by atoms with Gasteiger partial charge in [-0.2, -0.15) is 4.42 Å². The molecule has 0 atom stereocenters. The molecule has 0 saturated carbocycles. The lowest BCUT2D eigenvalue weighted by Gasteiger charge is -1.96. The third-order valence-electron chi connectivity index (χ3n) is 0.991. The minimum atomic E-state index is -0.295. The van der Waals surface area contributed by atoms with Gasteiger partial charge in [-0.05, 0) is 0 Å². The highest BCUT2D eigenvalue weighted by atomic mass is 35.5. The van der Waals surface area contributed by atoms with Crippen LogP contribution in [0.2, 0.25) is 0 Å². The van der Waals surface area contributed by atoms with Crippen molar-refractivity contribution < 1.29 is 14.7 Å². The van der Waals surface area contributed by atoms with Gasteiger partial charge >= 0.3 is 0 Å². The smallest absolute Gasteiger partial charge is 0.244 e. The van der Waals surface area contributed by atoms with Crippen LogP contribution in [0.5, 0.6) is 0 Å². The molecule has 1 fully saturated rings. The Labute approximate surface area is 63.5 Å². The van der Waals surface area contributed by atoms with Crippen molar-refractivity contribution >= 4 is 23.6 Å².